The van der Waals surface area contributed by atoms with Gasteiger partial charge in [-0.3, -0.25) is 0 Å². The Morgan fingerprint density at radius 1 is 1.15 bits per heavy atom. The van der Waals surface area contributed by atoms with Crippen molar-refractivity contribution in [1.82, 2.24) is 0 Å². The molecule has 3 heteroatoms. The standard InChI is InChI=1S/C10H14O2S/c1-8-4-6-10(7-5-8)9(2)13(3,11)12/h4-7,9H,1-3H3. The van der Waals surface area contributed by atoms with Gasteiger partial charge in [-0.15, -0.1) is 0 Å². The molecule has 0 amide bonds. The van der Waals surface area contributed by atoms with Crippen LogP contribution >= 0.6 is 0 Å². The molecule has 0 N–H and O–H groups in total. The maximum Gasteiger partial charge on any atom is 0.154 e. The van der Waals surface area contributed by atoms with Gasteiger partial charge in [0.05, 0.1) is 5.25 Å². The molecule has 0 aromatic heterocycles. The molecule has 0 fully saturated rings. The molecule has 0 radical (unpaired) electrons. The topological polar surface area (TPSA) is 34.1 Å². The predicted octanol–water partition coefficient (Wildman–Crippen LogP) is 2.10. The SMILES string of the molecule is Cc1ccc(C(C)S(C)(=O)=O)cc1. The number of aryl methyl sites for hydroxylation is 1. The number of hydrogen-bond donors (Lipinski definition) is 0. The summed E-state index contributed by atoms with van der Waals surface area (Å²) in [5.74, 6) is 0. The van der Waals surface area contributed by atoms with E-state index in [0.717, 1.165) is 11.1 Å². The van der Waals surface area contributed by atoms with Crippen LogP contribution in [-0.4, -0.2) is 14.7 Å². The van der Waals surface area contributed by atoms with Gasteiger partial charge in [0.2, 0.25) is 0 Å². The van der Waals surface area contributed by atoms with Gasteiger partial charge in [-0.25, -0.2) is 8.42 Å². The van der Waals surface area contributed by atoms with Crippen molar-refractivity contribution in [2.75, 3.05) is 6.26 Å². The monoisotopic (exact) mass is 198 g/mol. The molecule has 1 aromatic rings. The van der Waals surface area contributed by atoms with Crippen molar-refractivity contribution in [3.63, 3.8) is 0 Å². The van der Waals surface area contributed by atoms with Crippen LogP contribution in [0.5, 0.6) is 0 Å². The first-order valence-corrected chi connectivity index (χ1v) is 6.12. The van der Waals surface area contributed by atoms with Crippen LogP contribution in [0, 0.1) is 6.92 Å². The van der Waals surface area contributed by atoms with Crippen LogP contribution in [0.15, 0.2) is 24.3 Å². The van der Waals surface area contributed by atoms with Gasteiger partial charge in [0.15, 0.2) is 9.84 Å². The molecule has 0 bridgehead atoms. The van der Waals surface area contributed by atoms with Crippen molar-refractivity contribution in [3.05, 3.63) is 35.4 Å². The molecule has 2 nitrogen and oxygen atoms in total. The average Bonchev–Trinajstić information content (AvgIpc) is 2.03. The first kappa shape index (κ1) is 10.3. The van der Waals surface area contributed by atoms with Crippen LogP contribution in [0.4, 0.5) is 0 Å². The minimum Gasteiger partial charge on any atom is -0.229 e. The highest BCUT2D eigenvalue weighted by atomic mass is 32.2. The molecule has 1 unspecified atom stereocenters. The fraction of sp³-hybridized carbons (Fsp3) is 0.400. The van der Waals surface area contributed by atoms with Crippen LogP contribution < -0.4 is 0 Å². The van der Waals surface area contributed by atoms with Gasteiger partial charge in [-0.1, -0.05) is 29.8 Å². The Balaban J connectivity index is 3.04. The Bertz CT molecular complexity index is 376. The van der Waals surface area contributed by atoms with Crippen LogP contribution in [0.3, 0.4) is 0 Å². The van der Waals surface area contributed by atoms with E-state index in [-0.39, 0.29) is 0 Å². The lowest BCUT2D eigenvalue weighted by molar-refractivity contribution is 0.592. The second kappa shape index (κ2) is 3.50. The summed E-state index contributed by atoms with van der Waals surface area (Å²) < 4.78 is 22.4. The molecule has 1 atom stereocenters. The molecule has 0 aliphatic carbocycles. The second-order valence-corrected chi connectivity index (χ2v) is 5.75. The number of hydrogen-bond acceptors (Lipinski definition) is 2. The largest absolute Gasteiger partial charge is 0.229 e. The highest BCUT2D eigenvalue weighted by Crippen LogP contribution is 2.20. The molecule has 0 spiro atoms. The lowest BCUT2D eigenvalue weighted by atomic mass is 10.1. The van der Waals surface area contributed by atoms with E-state index in [1.54, 1.807) is 6.92 Å². The average molecular weight is 198 g/mol. The Kier molecular flexibility index (Phi) is 2.76. The van der Waals surface area contributed by atoms with Crippen LogP contribution in [0.1, 0.15) is 23.3 Å². The third-order valence-corrected chi connectivity index (χ3v) is 3.75. The quantitative estimate of drug-likeness (QED) is 0.729. The number of sulfone groups is 1. The van der Waals surface area contributed by atoms with Crippen molar-refractivity contribution < 1.29 is 8.42 Å². The Morgan fingerprint density at radius 3 is 2.00 bits per heavy atom. The van der Waals surface area contributed by atoms with E-state index in [1.807, 2.05) is 31.2 Å². The van der Waals surface area contributed by atoms with E-state index in [0.29, 0.717) is 0 Å². The molecule has 0 saturated carbocycles. The smallest absolute Gasteiger partial charge is 0.154 e. The molecular weight excluding hydrogens is 184 g/mol. The van der Waals surface area contributed by atoms with Gasteiger partial charge < -0.3 is 0 Å². The van der Waals surface area contributed by atoms with E-state index >= 15 is 0 Å². The normalized spacial score (nSPS) is 14.1. The van der Waals surface area contributed by atoms with Gasteiger partial charge in [0, 0.05) is 6.26 Å². The van der Waals surface area contributed by atoms with E-state index in [4.69, 9.17) is 0 Å². The molecule has 1 aromatic carbocycles. The molecule has 13 heavy (non-hydrogen) atoms. The highest BCUT2D eigenvalue weighted by molar-refractivity contribution is 7.90. The summed E-state index contributed by atoms with van der Waals surface area (Å²) in [6.07, 6.45) is 1.26. The zero-order valence-electron chi connectivity index (χ0n) is 8.11. The van der Waals surface area contributed by atoms with Gasteiger partial charge in [0.25, 0.3) is 0 Å². The zero-order valence-corrected chi connectivity index (χ0v) is 8.93. The molecule has 0 aliphatic heterocycles. The number of benzene rings is 1. The molecule has 0 saturated heterocycles. The van der Waals surface area contributed by atoms with Crippen molar-refractivity contribution in [3.8, 4) is 0 Å². The summed E-state index contributed by atoms with van der Waals surface area (Å²) in [7, 11) is -2.97. The molecule has 0 heterocycles. The minimum atomic E-state index is -2.97. The van der Waals surface area contributed by atoms with E-state index < -0.39 is 15.1 Å². The summed E-state index contributed by atoms with van der Waals surface area (Å²) >= 11 is 0. The Labute approximate surface area is 79.5 Å². The third-order valence-electron chi connectivity index (χ3n) is 2.19. The van der Waals surface area contributed by atoms with E-state index in [2.05, 4.69) is 0 Å². The second-order valence-electron chi connectivity index (χ2n) is 3.38. The summed E-state index contributed by atoms with van der Waals surface area (Å²) in [6.45, 7) is 3.69. The van der Waals surface area contributed by atoms with Crippen LogP contribution in [-0.2, 0) is 9.84 Å². The van der Waals surface area contributed by atoms with Crippen molar-refractivity contribution in [1.29, 1.82) is 0 Å². The van der Waals surface area contributed by atoms with Gasteiger partial charge in [-0.2, -0.15) is 0 Å². The van der Waals surface area contributed by atoms with Crippen molar-refractivity contribution in [2.45, 2.75) is 19.1 Å². The highest BCUT2D eigenvalue weighted by Gasteiger charge is 2.16. The maximum absolute atomic E-state index is 11.2. The van der Waals surface area contributed by atoms with Gasteiger partial charge in [-0.05, 0) is 19.4 Å². The van der Waals surface area contributed by atoms with Gasteiger partial charge in [0.1, 0.15) is 0 Å². The third kappa shape index (κ3) is 2.56. The molecular formula is C10H14O2S. The first-order chi connectivity index (χ1) is 5.91. The maximum atomic E-state index is 11.2. The molecule has 0 aliphatic rings. The minimum absolute atomic E-state index is 0.409. The Morgan fingerprint density at radius 2 is 1.62 bits per heavy atom. The van der Waals surface area contributed by atoms with Crippen LogP contribution in [0.2, 0.25) is 0 Å². The van der Waals surface area contributed by atoms with E-state index in [1.165, 1.54) is 6.26 Å². The van der Waals surface area contributed by atoms with Gasteiger partial charge >= 0.3 is 0 Å². The predicted molar refractivity (Wildman–Crippen MR) is 54.4 cm³/mol. The van der Waals surface area contributed by atoms with Crippen molar-refractivity contribution in [2.24, 2.45) is 0 Å². The Hall–Kier alpha value is -0.830. The lowest BCUT2D eigenvalue weighted by Crippen LogP contribution is -2.07. The summed E-state index contributed by atoms with van der Waals surface area (Å²) in [5.41, 5.74) is 2.00. The lowest BCUT2D eigenvalue weighted by Gasteiger charge is -2.09. The van der Waals surface area contributed by atoms with E-state index in [9.17, 15) is 8.42 Å². The fourth-order valence-electron chi connectivity index (χ4n) is 1.08. The molecule has 72 valence electrons. The zero-order chi connectivity index (χ0) is 10.1. The summed E-state index contributed by atoms with van der Waals surface area (Å²) in [5, 5.41) is -0.409. The first-order valence-electron chi connectivity index (χ1n) is 4.16. The number of rotatable bonds is 2. The van der Waals surface area contributed by atoms with Crippen LogP contribution in [0.25, 0.3) is 0 Å². The summed E-state index contributed by atoms with van der Waals surface area (Å²) in [6, 6.07) is 7.58. The summed E-state index contributed by atoms with van der Waals surface area (Å²) in [4.78, 5) is 0. The molecule has 1 rings (SSSR count). The fourth-order valence-corrected chi connectivity index (χ4v) is 1.74. The van der Waals surface area contributed by atoms with Crippen molar-refractivity contribution >= 4 is 9.84 Å².